The molecule has 0 fully saturated rings. The lowest BCUT2D eigenvalue weighted by Gasteiger charge is -2.10. The fraction of sp³-hybridized carbons (Fsp3) is 0.333. The summed E-state index contributed by atoms with van der Waals surface area (Å²) in [6, 6.07) is 3.81. The van der Waals surface area contributed by atoms with Crippen LogP contribution in [0.25, 0.3) is 0 Å². The molecule has 4 heteroatoms. The summed E-state index contributed by atoms with van der Waals surface area (Å²) in [7, 11) is 0. The van der Waals surface area contributed by atoms with Crippen LogP contribution in [-0.4, -0.2) is 6.54 Å². The van der Waals surface area contributed by atoms with E-state index in [0.717, 1.165) is 22.2 Å². The van der Waals surface area contributed by atoms with E-state index in [2.05, 4.69) is 34.8 Å². The Labute approximate surface area is 97.0 Å². The first-order valence-corrected chi connectivity index (χ1v) is 5.59. The van der Waals surface area contributed by atoms with Crippen LogP contribution in [-0.2, 0) is 0 Å². The van der Waals surface area contributed by atoms with Gasteiger partial charge >= 0.3 is 0 Å². The number of anilines is 2. The number of halogens is 2. The fourth-order valence-corrected chi connectivity index (χ4v) is 2.15. The van der Waals surface area contributed by atoms with Crippen molar-refractivity contribution in [2.45, 2.75) is 13.3 Å². The first kappa shape index (κ1) is 10.9. The van der Waals surface area contributed by atoms with Gasteiger partial charge in [-0.05, 0) is 41.1 Å². The Morgan fingerprint density at radius 1 is 1.54 bits per heavy atom. The Morgan fingerprint density at radius 2 is 2.23 bits per heavy atom. The number of nitrogen functional groups attached to an aromatic ring is 1. The van der Waals surface area contributed by atoms with Crippen molar-refractivity contribution in [2.75, 3.05) is 17.6 Å². The van der Waals surface area contributed by atoms with Crippen molar-refractivity contribution < 1.29 is 0 Å². The molecule has 72 valence electrons. The topological polar surface area (TPSA) is 38.0 Å². The minimum Gasteiger partial charge on any atom is -0.397 e. The van der Waals surface area contributed by atoms with Crippen LogP contribution in [0.2, 0.25) is 5.02 Å². The molecule has 1 aromatic carbocycles. The van der Waals surface area contributed by atoms with Crippen molar-refractivity contribution >= 4 is 45.6 Å². The Kier molecular flexibility index (Phi) is 4.12. The molecule has 0 amide bonds. The molecule has 1 rings (SSSR count). The van der Waals surface area contributed by atoms with Gasteiger partial charge in [-0.2, -0.15) is 0 Å². The number of nitrogens with one attached hydrogen (secondary N) is 1. The molecule has 0 atom stereocenters. The van der Waals surface area contributed by atoms with Crippen molar-refractivity contribution in [2.24, 2.45) is 0 Å². The highest BCUT2D eigenvalue weighted by Gasteiger charge is 2.04. The first-order valence-electron chi connectivity index (χ1n) is 4.13. The fourth-order valence-electron chi connectivity index (χ4n) is 1.03. The molecule has 0 spiro atoms. The molecule has 0 unspecified atom stereocenters. The van der Waals surface area contributed by atoms with E-state index in [1.54, 1.807) is 0 Å². The Morgan fingerprint density at radius 3 is 2.77 bits per heavy atom. The molecule has 0 aromatic heterocycles. The second kappa shape index (κ2) is 4.91. The lowest BCUT2D eigenvalue weighted by Crippen LogP contribution is -2.03. The van der Waals surface area contributed by atoms with E-state index >= 15 is 0 Å². The maximum atomic E-state index is 6.02. The molecule has 0 aliphatic heterocycles. The second-order valence-electron chi connectivity index (χ2n) is 2.78. The number of hydrogen-bond acceptors (Lipinski definition) is 2. The van der Waals surface area contributed by atoms with E-state index in [9.17, 15) is 0 Å². The first-order chi connectivity index (χ1) is 6.15. The van der Waals surface area contributed by atoms with Gasteiger partial charge in [0.25, 0.3) is 0 Å². The molecule has 13 heavy (non-hydrogen) atoms. The van der Waals surface area contributed by atoms with Crippen LogP contribution in [0.1, 0.15) is 13.3 Å². The number of hydrogen-bond donors (Lipinski definition) is 2. The standard InChI is InChI=1S/C9H12ClIN2/c1-2-3-13-9-7(10)4-6(11)5-8(9)12/h4-5,13H,2-3,12H2,1H3. The number of rotatable bonds is 3. The van der Waals surface area contributed by atoms with Gasteiger partial charge in [0.15, 0.2) is 0 Å². The van der Waals surface area contributed by atoms with Crippen LogP contribution in [0.4, 0.5) is 11.4 Å². The van der Waals surface area contributed by atoms with Crippen molar-refractivity contribution in [1.29, 1.82) is 0 Å². The third-order valence-corrected chi connectivity index (χ3v) is 2.56. The molecular weight excluding hydrogens is 298 g/mol. The quantitative estimate of drug-likeness (QED) is 0.664. The van der Waals surface area contributed by atoms with Crippen LogP contribution in [0.15, 0.2) is 12.1 Å². The molecule has 0 heterocycles. The highest BCUT2D eigenvalue weighted by Crippen LogP contribution is 2.30. The normalized spacial score (nSPS) is 10.1. The van der Waals surface area contributed by atoms with Crippen LogP contribution in [0, 0.1) is 3.57 Å². The highest BCUT2D eigenvalue weighted by atomic mass is 127. The summed E-state index contributed by atoms with van der Waals surface area (Å²) in [5.74, 6) is 0. The molecule has 0 saturated carbocycles. The molecule has 0 radical (unpaired) electrons. The third kappa shape index (κ3) is 2.91. The van der Waals surface area contributed by atoms with E-state index < -0.39 is 0 Å². The molecule has 1 aromatic rings. The van der Waals surface area contributed by atoms with Gasteiger partial charge in [0.2, 0.25) is 0 Å². The van der Waals surface area contributed by atoms with Crippen molar-refractivity contribution in [1.82, 2.24) is 0 Å². The summed E-state index contributed by atoms with van der Waals surface area (Å²) >= 11 is 8.22. The highest BCUT2D eigenvalue weighted by molar-refractivity contribution is 14.1. The Hall–Kier alpha value is -0.160. The average molecular weight is 311 g/mol. The number of benzene rings is 1. The summed E-state index contributed by atoms with van der Waals surface area (Å²) in [5, 5.41) is 3.89. The molecule has 0 bridgehead atoms. The minimum absolute atomic E-state index is 0.692. The molecule has 0 saturated heterocycles. The maximum Gasteiger partial charge on any atom is 0.0763 e. The van der Waals surface area contributed by atoms with Gasteiger partial charge < -0.3 is 11.1 Å². The lowest BCUT2D eigenvalue weighted by molar-refractivity contribution is 0.980. The van der Waals surface area contributed by atoms with E-state index in [4.69, 9.17) is 17.3 Å². The number of nitrogens with two attached hydrogens (primary N) is 1. The SMILES string of the molecule is CCCNc1c(N)cc(I)cc1Cl. The smallest absolute Gasteiger partial charge is 0.0763 e. The lowest BCUT2D eigenvalue weighted by atomic mass is 10.2. The minimum atomic E-state index is 0.692. The summed E-state index contributed by atoms with van der Waals surface area (Å²) in [4.78, 5) is 0. The molecule has 0 aliphatic carbocycles. The van der Waals surface area contributed by atoms with Crippen molar-refractivity contribution in [3.05, 3.63) is 20.7 Å². The van der Waals surface area contributed by atoms with Crippen molar-refractivity contribution in [3.63, 3.8) is 0 Å². The van der Waals surface area contributed by atoms with Gasteiger partial charge in [-0.3, -0.25) is 0 Å². The third-order valence-electron chi connectivity index (χ3n) is 1.64. The molecule has 3 N–H and O–H groups in total. The predicted molar refractivity (Wildman–Crippen MR) is 67.4 cm³/mol. The van der Waals surface area contributed by atoms with Gasteiger partial charge in [0.1, 0.15) is 0 Å². The van der Waals surface area contributed by atoms with Gasteiger partial charge in [-0.25, -0.2) is 0 Å². The zero-order valence-corrected chi connectivity index (χ0v) is 10.3. The van der Waals surface area contributed by atoms with Crippen LogP contribution in [0.5, 0.6) is 0 Å². The molecule has 0 aliphatic rings. The van der Waals surface area contributed by atoms with E-state index in [0.29, 0.717) is 10.7 Å². The summed E-state index contributed by atoms with van der Waals surface area (Å²) < 4.78 is 1.06. The average Bonchev–Trinajstić information content (AvgIpc) is 2.02. The van der Waals surface area contributed by atoms with Crippen molar-refractivity contribution in [3.8, 4) is 0 Å². The Bertz CT molecular complexity index is 279. The zero-order valence-electron chi connectivity index (χ0n) is 7.40. The van der Waals surface area contributed by atoms with Crippen LogP contribution in [0.3, 0.4) is 0 Å². The van der Waals surface area contributed by atoms with Gasteiger partial charge in [-0.15, -0.1) is 0 Å². The van der Waals surface area contributed by atoms with Crippen LogP contribution < -0.4 is 11.1 Å². The summed E-state index contributed by atoms with van der Waals surface area (Å²) in [5.41, 5.74) is 7.38. The van der Waals surface area contributed by atoms with Gasteiger partial charge in [-0.1, -0.05) is 18.5 Å². The van der Waals surface area contributed by atoms with Gasteiger partial charge in [0.05, 0.1) is 16.4 Å². The second-order valence-corrected chi connectivity index (χ2v) is 4.43. The van der Waals surface area contributed by atoms with E-state index in [1.807, 2.05) is 12.1 Å². The van der Waals surface area contributed by atoms with Crippen LogP contribution >= 0.6 is 34.2 Å². The van der Waals surface area contributed by atoms with Gasteiger partial charge in [0, 0.05) is 10.1 Å². The summed E-state index contributed by atoms with van der Waals surface area (Å²) in [6.07, 6.45) is 1.06. The largest absolute Gasteiger partial charge is 0.397 e. The zero-order chi connectivity index (χ0) is 9.84. The molecular formula is C9H12ClIN2. The van der Waals surface area contributed by atoms with E-state index in [1.165, 1.54) is 0 Å². The molecule has 2 nitrogen and oxygen atoms in total. The van der Waals surface area contributed by atoms with E-state index in [-0.39, 0.29) is 0 Å². The summed E-state index contributed by atoms with van der Waals surface area (Å²) in [6.45, 7) is 2.99. The Balaban J connectivity index is 2.92. The maximum absolute atomic E-state index is 6.02. The predicted octanol–water partition coefficient (Wildman–Crippen LogP) is 3.35. The monoisotopic (exact) mass is 310 g/mol.